The van der Waals surface area contributed by atoms with E-state index < -0.39 is 102 Å². The first-order chi connectivity index (χ1) is 27.9. The highest BCUT2D eigenvalue weighted by molar-refractivity contribution is 6.35. The van der Waals surface area contributed by atoms with Crippen LogP contribution in [0.3, 0.4) is 0 Å². The van der Waals surface area contributed by atoms with E-state index in [9.17, 15) is 68.3 Å². The minimum absolute atomic E-state index is 0.00200. The number of carboxylic acid groups (broad SMARTS) is 1. The number of aromatic nitrogens is 3. The first kappa shape index (κ1) is 46.3. The predicted octanol–water partition coefficient (Wildman–Crippen LogP) is 9.00. The van der Waals surface area contributed by atoms with E-state index in [1.165, 1.54) is 19.9 Å². The van der Waals surface area contributed by atoms with E-state index in [2.05, 4.69) is 24.4 Å². The average molecular weight is 896 g/mol. The SMILES string of the molecule is CCOC(=O)c1c[nH]c2c(Cl)ccc(C(F)(F)F)c2c1=O.CCOC(=O)c1c[nH]c2c(Cl)ccc(C(F)(F)F)c2c1=O.O=C(O)c1c[nH]c2cccc(C(F)(F)F)c2c1=O. The Balaban J connectivity index is 0.000000199. The normalized spacial score (nSPS) is 11.7. The van der Waals surface area contributed by atoms with E-state index in [0.717, 1.165) is 42.9 Å². The van der Waals surface area contributed by atoms with Crippen molar-refractivity contribution >= 4 is 73.8 Å². The molecule has 6 aromatic rings. The van der Waals surface area contributed by atoms with Gasteiger partial charge in [0.05, 0.1) is 67.1 Å². The van der Waals surface area contributed by atoms with Gasteiger partial charge in [0, 0.05) is 24.1 Å². The first-order valence-electron chi connectivity index (χ1n) is 16.5. The van der Waals surface area contributed by atoms with Crippen LogP contribution in [0.15, 0.2) is 75.4 Å². The highest BCUT2D eigenvalue weighted by Gasteiger charge is 2.37. The molecule has 6 rings (SSSR count). The Bertz CT molecular complexity index is 2700. The van der Waals surface area contributed by atoms with Crippen LogP contribution < -0.4 is 16.3 Å². The van der Waals surface area contributed by atoms with Crippen LogP contribution in [0.5, 0.6) is 0 Å². The second kappa shape index (κ2) is 17.9. The Morgan fingerprint density at radius 3 is 1.30 bits per heavy atom. The maximum Gasteiger partial charge on any atom is 0.417 e. The third-order valence-corrected chi connectivity index (χ3v) is 8.65. The summed E-state index contributed by atoms with van der Waals surface area (Å²) in [6.45, 7) is 3.03. The summed E-state index contributed by atoms with van der Waals surface area (Å²) in [5, 5.41) is 6.59. The fourth-order valence-corrected chi connectivity index (χ4v) is 5.88. The number of benzene rings is 3. The molecular formula is C37H24Cl2F9N3O9. The van der Waals surface area contributed by atoms with E-state index in [0.29, 0.717) is 12.1 Å². The number of rotatable bonds is 5. The molecule has 0 atom stereocenters. The van der Waals surface area contributed by atoms with Gasteiger partial charge in [-0.05, 0) is 50.2 Å². The number of carboxylic acids is 1. The van der Waals surface area contributed by atoms with Gasteiger partial charge in [0.2, 0.25) is 16.3 Å². The number of halogens is 11. The van der Waals surface area contributed by atoms with Gasteiger partial charge >= 0.3 is 36.4 Å². The summed E-state index contributed by atoms with van der Waals surface area (Å²) in [4.78, 5) is 77.3. The molecule has 0 spiro atoms. The molecule has 23 heteroatoms. The van der Waals surface area contributed by atoms with Crippen molar-refractivity contribution in [2.75, 3.05) is 13.2 Å². The van der Waals surface area contributed by atoms with Gasteiger partial charge in [0.25, 0.3) is 0 Å². The topological polar surface area (TPSA) is 188 Å². The Kier molecular flexibility index (Phi) is 13.8. The molecule has 0 amide bonds. The number of pyridine rings is 3. The van der Waals surface area contributed by atoms with Crippen molar-refractivity contribution in [1.82, 2.24) is 15.0 Å². The van der Waals surface area contributed by atoms with Gasteiger partial charge in [-0.1, -0.05) is 29.3 Å². The number of hydrogen-bond donors (Lipinski definition) is 4. The van der Waals surface area contributed by atoms with Gasteiger partial charge in [-0.15, -0.1) is 0 Å². The van der Waals surface area contributed by atoms with Crippen LogP contribution in [-0.4, -0.2) is 51.2 Å². The molecule has 0 aliphatic rings. The van der Waals surface area contributed by atoms with Crippen molar-refractivity contribution in [2.24, 2.45) is 0 Å². The molecule has 0 aliphatic carbocycles. The fraction of sp³-hybridized carbons (Fsp3) is 0.189. The van der Waals surface area contributed by atoms with Gasteiger partial charge in [0.1, 0.15) is 16.7 Å². The number of hydrogen-bond acceptors (Lipinski definition) is 8. The molecule has 3 heterocycles. The zero-order valence-corrected chi connectivity index (χ0v) is 31.6. The first-order valence-corrected chi connectivity index (χ1v) is 17.2. The summed E-state index contributed by atoms with van der Waals surface area (Å²) >= 11 is 11.6. The van der Waals surface area contributed by atoms with Crippen molar-refractivity contribution < 1.29 is 68.5 Å². The molecule has 318 valence electrons. The highest BCUT2D eigenvalue weighted by Crippen LogP contribution is 2.37. The van der Waals surface area contributed by atoms with Gasteiger partial charge in [-0.3, -0.25) is 14.4 Å². The summed E-state index contributed by atoms with van der Waals surface area (Å²) in [5.41, 5.74) is -8.89. The summed E-state index contributed by atoms with van der Waals surface area (Å²) in [6, 6.07) is 6.63. The molecule has 3 aromatic carbocycles. The second-order valence-electron chi connectivity index (χ2n) is 11.8. The lowest BCUT2D eigenvalue weighted by Gasteiger charge is -2.11. The zero-order chi connectivity index (χ0) is 45.1. The summed E-state index contributed by atoms with van der Waals surface area (Å²) in [5.74, 6) is -3.56. The lowest BCUT2D eigenvalue weighted by atomic mass is 10.1. The van der Waals surface area contributed by atoms with Gasteiger partial charge < -0.3 is 29.5 Å². The number of esters is 2. The van der Waals surface area contributed by atoms with E-state index in [-0.39, 0.29) is 39.8 Å². The van der Waals surface area contributed by atoms with Crippen molar-refractivity contribution in [2.45, 2.75) is 32.4 Å². The van der Waals surface area contributed by atoms with E-state index >= 15 is 0 Å². The second-order valence-corrected chi connectivity index (χ2v) is 12.6. The molecule has 0 bridgehead atoms. The minimum atomic E-state index is -4.75. The van der Waals surface area contributed by atoms with Crippen molar-refractivity contribution in [3.8, 4) is 0 Å². The molecule has 60 heavy (non-hydrogen) atoms. The molecule has 4 N–H and O–H groups in total. The summed E-state index contributed by atoms with van der Waals surface area (Å²) < 4.78 is 125. The van der Waals surface area contributed by atoms with Crippen molar-refractivity contribution in [3.05, 3.63) is 135 Å². The van der Waals surface area contributed by atoms with Crippen LogP contribution in [0, 0.1) is 0 Å². The molecule has 0 aliphatic heterocycles. The number of aromatic amines is 3. The van der Waals surface area contributed by atoms with E-state index in [1.807, 2.05) is 0 Å². The number of ether oxygens (including phenoxy) is 2. The molecule has 0 saturated heterocycles. The Morgan fingerprint density at radius 1 is 0.567 bits per heavy atom. The quantitative estimate of drug-likeness (QED) is 0.0967. The number of alkyl halides is 9. The number of aromatic carboxylic acids is 1. The number of nitrogens with one attached hydrogen (secondary N) is 3. The smallest absolute Gasteiger partial charge is 0.417 e. The molecule has 12 nitrogen and oxygen atoms in total. The van der Waals surface area contributed by atoms with Crippen molar-refractivity contribution in [1.29, 1.82) is 0 Å². The molecule has 0 saturated carbocycles. The van der Waals surface area contributed by atoms with Crippen LogP contribution in [0.2, 0.25) is 10.0 Å². The number of carbonyl (C=O) groups excluding carboxylic acids is 2. The van der Waals surface area contributed by atoms with Crippen LogP contribution >= 0.6 is 23.2 Å². The van der Waals surface area contributed by atoms with E-state index in [4.69, 9.17) is 28.3 Å². The Morgan fingerprint density at radius 2 is 0.933 bits per heavy atom. The van der Waals surface area contributed by atoms with Gasteiger partial charge in [0.15, 0.2) is 0 Å². The van der Waals surface area contributed by atoms with Crippen molar-refractivity contribution in [3.63, 3.8) is 0 Å². The predicted molar refractivity (Wildman–Crippen MR) is 198 cm³/mol. The summed E-state index contributed by atoms with van der Waals surface area (Å²) in [6.07, 6.45) is -11.3. The molecular weight excluding hydrogens is 872 g/mol. The highest BCUT2D eigenvalue weighted by atomic mass is 35.5. The van der Waals surface area contributed by atoms with Gasteiger partial charge in [-0.25, -0.2) is 14.4 Å². The lowest BCUT2D eigenvalue weighted by Crippen LogP contribution is -2.21. The van der Waals surface area contributed by atoms with Crippen LogP contribution in [0.25, 0.3) is 32.7 Å². The fourth-order valence-electron chi connectivity index (χ4n) is 5.45. The minimum Gasteiger partial charge on any atom is -0.477 e. The Labute approximate surface area is 337 Å². The third-order valence-electron chi connectivity index (χ3n) is 8.02. The lowest BCUT2D eigenvalue weighted by molar-refractivity contribution is -0.137. The molecule has 0 unspecified atom stereocenters. The molecule has 3 aromatic heterocycles. The van der Waals surface area contributed by atoms with Crippen LogP contribution in [0.1, 0.15) is 61.6 Å². The molecule has 0 radical (unpaired) electrons. The maximum atomic E-state index is 13.0. The maximum absolute atomic E-state index is 13.0. The Hall–Kier alpha value is -6.35. The van der Waals surface area contributed by atoms with Gasteiger partial charge in [-0.2, -0.15) is 39.5 Å². The van der Waals surface area contributed by atoms with Crippen LogP contribution in [-0.2, 0) is 28.0 Å². The number of fused-ring (bicyclic) bond motifs is 3. The summed E-state index contributed by atoms with van der Waals surface area (Å²) in [7, 11) is 0. The third kappa shape index (κ3) is 9.74. The zero-order valence-electron chi connectivity index (χ0n) is 30.1. The number of carbonyl (C=O) groups is 3. The average Bonchev–Trinajstić information content (AvgIpc) is 3.15. The largest absolute Gasteiger partial charge is 0.477 e. The monoisotopic (exact) mass is 895 g/mol. The van der Waals surface area contributed by atoms with Crippen LogP contribution in [0.4, 0.5) is 39.5 Å². The standard InChI is InChI=1S/2C13H9ClF3NO3.C11H6F3NO3/c2*1-2-21-12(20)6-5-18-10-8(14)4-3-7(13(15,16)17)9(10)11(6)19;12-11(13,14)6-2-1-3-7-8(6)9(16)5(4-15-7)10(17)18/h2*3-5H,2H2,1H3,(H,18,19);1-4H,(H,15,16)(H,17,18). The van der Waals surface area contributed by atoms with E-state index in [1.54, 1.807) is 0 Å². The molecule has 0 fully saturated rings. The number of H-pyrrole nitrogens is 3.